The van der Waals surface area contributed by atoms with Gasteiger partial charge in [0, 0.05) is 12.1 Å². The number of hydrogen-bond donors (Lipinski definition) is 1. The van der Waals surface area contributed by atoms with Crippen LogP contribution in [0.15, 0.2) is 71.1 Å². The summed E-state index contributed by atoms with van der Waals surface area (Å²) in [7, 11) is 0. The minimum absolute atomic E-state index is 0.479. The first-order valence-electron chi connectivity index (χ1n) is 8.98. The number of ether oxygens (including phenoxy) is 2. The van der Waals surface area contributed by atoms with E-state index in [-0.39, 0.29) is 0 Å². The molecule has 0 saturated heterocycles. The number of rotatable bonds is 3. The van der Waals surface area contributed by atoms with Gasteiger partial charge in [0.2, 0.25) is 0 Å². The van der Waals surface area contributed by atoms with E-state index in [4.69, 9.17) is 13.9 Å². The van der Waals surface area contributed by atoms with Gasteiger partial charge in [0.25, 0.3) is 6.01 Å². The molecule has 0 atom stereocenters. The molecule has 5 heteroatoms. The van der Waals surface area contributed by atoms with Crippen molar-refractivity contribution >= 4 is 22.8 Å². The van der Waals surface area contributed by atoms with Crippen molar-refractivity contribution in [1.29, 1.82) is 0 Å². The standard InChI is InChI=1S/C22H18N2O3/c1-2-5-17(6-3-1)23-22-24-18-13-15(7-9-19(18)27-22)16-8-10-20-21(14-16)26-12-4-11-25-20/h1-3,5-10,13-14H,4,11-12H2,(H,23,24). The van der Waals surface area contributed by atoms with Crippen molar-refractivity contribution in [2.45, 2.75) is 6.42 Å². The summed E-state index contributed by atoms with van der Waals surface area (Å²) in [4.78, 5) is 4.56. The van der Waals surface area contributed by atoms with Gasteiger partial charge in [0.15, 0.2) is 17.1 Å². The van der Waals surface area contributed by atoms with Gasteiger partial charge >= 0.3 is 0 Å². The minimum Gasteiger partial charge on any atom is -0.490 e. The Morgan fingerprint density at radius 2 is 1.56 bits per heavy atom. The second-order valence-electron chi connectivity index (χ2n) is 6.40. The minimum atomic E-state index is 0.479. The molecular formula is C22H18N2O3. The van der Waals surface area contributed by atoms with E-state index in [1.54, 1.807) is 0 Å². The first-order valence-corrected chi connectivity index (χ1v) is 8.98. The van der Waals surface area contributed by atoms with Gasteiger partial charge in [-0.05, 0) is 47.5 Å². The molecule has 1 N–H and O–H groups in total. The van der Waals surface area contributed by atoms with Crippen LogP contribution in [0.25, 0.3) is 22.2 Å². The summed E-state index contributed by atoms with van der Waals surface area (Å²) < 4.78 is 17.3. The zero-order valence-corrected chi connectivity index (χ0v) is 14.6. The van der Waals surface area contributed by atoms with Crippen LogP contribution in [-0.4, -0.2) is 18.2 Å². The highest BCUT2D eigenvalue weighted by Crippen LogP contribution is 2.35. The highest BCUT2D eigenvalue weighted by atomic mass is 16.5. The number of anilines is 2. The van der Waals surface area contributed by atoms with Crippen molar-refractivity contribution < 1.29 is 13.9 Å². The Balaban J connectivity index is 1.47. The summed E-state index contributed by atoms with van der Waals surface area (Å²) in [6.07, 6.45) is 0.895. The number of benzene rings is 3. The molecule has 5 nitrogen and oxygen atoms in total. The molecule has 2 heterocycles. The van der Waals surface area contributed by atoms with E-state index in [0.29, 0.717) is 19.2 Å². The molecule has 1 aromatic heterocycles. The second-order valence-corrected chi connectivity index (χ2v) is 6.40. The zero-order chi connectivity index (χ0) is 18.1. The molecule has 1 aliphatic rings. The van der Waals surface area contributed by atoms with E-state index >= 15 is 0 Å². The van der Waals surface area contributed by atoms with Crippen molar-refractivity contribution in [3.05, 3.63) is 66.7 Å². The number of hydrogen-bond acceptors (Lipinski definition) is 5. The van der Waals surface area contributed by atoms with Crippen LogP contribution in [0.1, 0.15) is 6.42 Å². The SMILES string of the molecule is c1ccc(Nc2nc3cc(-c4ccc5c(c4)OCCCO5)ccc3o2)cc1. The number of aromatic nitrogens is 1. The third kappa shape index (κ3) is 3.19. The van der Waals surface area contributed by atoms with E-state index in [0.717, 1.165) is 45.8 Å². The Morgan fingerprint density at radius 1 is 0.778 bits per heavy atom. The second kappa shape index (κ2) is 6.68. The molecule has 0 spiro atoms. The van der Waals surface area contributed by atoms with Gasteiger partial charge in [-0.15, -0.1) is 0 Å². The molecule has 134 valence electrons. The Hall–Kier alpha value is -3.47. The molecule has 0 saturated carbocycles. The van der Waals surface area contributed by atoms with Gasteiger partial charge in [-0.3, -0.25) is 0 Å². The maximum Gasteiger partial charge on any atom is 0.300 e. The first-order chi connectivity index (χ1) is 13.3. The number of nitrogens with one attached hydrogen (secondary N) is 1. The van der Waals surface area contributed by atoms with Crippen LogP contribution in [0, 0.1) is 0 Å². The summed E-state index contributed by atoms with van der Waals surface area (Å²) in [6, 6.07) is 22.3. The lowest BCUT2D eigenvalue weighted by Gasteiger charge is -2.09. The Morgan fingerprint density at radius 3 is 2.44 bits per heavy atom. The van der Waals surface area contributed by atoms with E-state index in [9.17, 15) is 0 Å². The van der Waals surface area contributed by atoms with Crippen LogP contribution < -0.4 is 14.8 Å². The Bertz CT molecular complexity index is 1090. The van der Waals surface area contributed by atoms with E-state index in [1.165, 1.54) is 0 Å². The van der Waals surface area contributed by atoms with Gasteiger partial charge < -0.3 is 19.2 Å². The molecule has 1 aliphatic heterocycles. The molecule has 0 bridgehead atoms. The van der Waals surface area contributed by atoms with Crippen LogP contribution in [0.2, 0.25) is 0 Å². The zero-order valence-electron chi connectivity index (χ0n) is 14.6. The summed E-state index contributed by atoms with van der Waals surface area (Å²) in [5.41, 5.74) is 4.59. The van der Waals surface area contributed by atoms with E-state index in [1.807, 2.05) is 66.7 Å². The number of oxazole rings is 1. The topological polar surface area (TPSA) is 56.5 Å². The monoisotopic (exact) mass is 358 g/mol. The van der Waals surface area contributed by atoms with Crippen molar-refractivity contribution in [1.82, 2.24) is 4.98 Å². The fourth-order valence-corrected chi connectivity index (χ4v) is 3.15. The Kier molecular flexibility index (Phi) is 3.90. The van der Waals surface area contributed by atoms with Crippen LogP contribution in [0.3, 0.4) is 0 Å². The summed E-state index contributed by atoms with van der Waals surface area (Å²) in [5, 5.41) is 3.19. The van der Waals surface area contributed by atoms with Crippen LogP contribution in [0.4, 0.5) is 11.7 Å². The third-order valence-corrected chi connectivity index (χ3v) is 4.49. The van der Waals surface area contributed by atoms with Crippen molar-refractivity contribution in [3.8, 4) is 22.6 Å². The fraction of sp³-hybridized carbons (Fsp3) is 0.136. The summed E-state index contributed by atoms with van der Waals surface area (Å²) >= 11 is 0. The molecular weight excluding hydrogens is 340 g/mol. The summed E-state index contributed by atoms with van der Waals surface area (Å²) in [5.74, 6) is 1.59. The van der Waals surface area contributed by atoms with Gasteiger partial charge in [0.05, 0.1) is 13.2 Å². The maximum atomic E-state index is 5.80. The molecule has 5 rings (SSSR count). The van der Waals surface area contributed by atoms with Gasteiger partial charge in [-0.25, -0.2) is 0 Å². The predicted molar refractivity (Wildman–Crippen MR) is 105 cm³/mol. The van der Waals surface area contributed by atoms with Crippen molar-refractivity contribution in [2.24, 2.45) is 0 Å². The highest BCUT2D eigenvalue weighted by Gasteiger charge is 2.13. The van der Waals surface area contributed by atoms with E-state index < -0.39 is 0 Å². The largest absolute Gasteiger partial charge is 0.490 e. The lowest BCUT2D eigenvalue weighted by molar-refractivity contribution is 0.297. The lowest BCUT2D eigenvalue weighted by Crippen LogP contribution is -1.97. The molecule has 0 radical (unpaired) electrons. The molecule has 0 aliphatic carbocycles. The fourth-order valence-electron chi connectivity index (χ4n) is 3.15. The number of para-hydroxylation sites is 1. The van der Waals surface area contributed by atoms with Crippen LogP contribution in [0.5, 0.6) is 11.5 Å². The molecule has 3 aromatic carbocycles. The van der Waals surface area contributed by atoms with Gasteiger partial charge in [0.1, 0.15) is 5.52 Å². The molecule has 4 aromatic rings. The smallest absolute Gasteiger partial charge is 0.300 e. The predicted octanol–water partition coefficient (Wildman–Crippen LogP) is 5.40. The van der Waals surface area contributed by atoms with Crippen molar-refractivity contribution in [3.63, 3.8) is 0 Å². The Labute approximate surface area is 156 Å². The lowest BCUT2D eigenvalue weighted by atomic mass is 10.0. The maximum absolute atomic E-state index is 5.80. The first kappa shape index (κ1) is 15.8. The molecule has 0 unspecified atom stereocenters. The summed E-state index contributed by atoms with van der Waals surface area (Å²) in [6.45, 7) is 1.36. The van der Waals surface area contributed by atoms with Crippen LogP contribution >= 0.6 is 0 Å². The van der Waals surface area contributed by atoms with E-state index in [2.05, 4.69) is 10.3 Å². The number of nitrogens with zero attached hydrogens (tertiary/aromatic N) is 1. The van der Waals surface area contributed by atoms with Crippen molar-refractivity contribution in [2.75, 3.05) is 18.5 Å². The number of fused-ring (bicyclic) bond motifs is 2. The normalized spacial score (nSPS) is 13.3. The average molecular weight is 358 g/mol. The quantitative estimate of drug-likeness (QED) is 0.531. The highest BCUT2D eigenvalue weighted by molar-refractivity contribution is 5.82. The van der Waals surface area contributed by atoms with Crippen LogP contribution in [-0.2, 0) is 0 Å². The van der Waals surface area contributed by atoms with Gasteiger partial charge in [-0.2, -0.15) is 4.98 Å². The molecule has 0 fully saturated rings. The average Bonchev–Trinajstić information content (AvgIpc) is 2.95. The van der Waals surface area contributed by atoms with Gasteiger partial charge in [-0.1, -0.05) is 30.3 Å². The molecule has 27 heavy (non-hydrogen) atoms. The third-order valence-electron chi connectivity index (χ3n) is 4.49. The molecule has 0 amide bonds.